The molecule has 1 atom stereocenters. The zero-order chi connectivity index (χ0) is 16.1. The van der Waals surface area contributed by atoms with Gasteiger partial charge in [-0.15, -0.1) is 0 Å². The van der Waals surface area contributed by atoms with Crippen LogP contribution in [0.3, 0.4) is 0 Å². The third-order valence-corrected chi connectivity index (χ3v) is 4.51. The predicted octanol–water partition coefficient (Wildman–Crippen LogP) is 2.51. The molecule has 1 amide bonds. The summed E-state index contributed by atoms with van der Waals surface area (Å²) < 4.78 is 11.3. The van der Waals surface area contributed by atoms with Gasteiger partial charge in [-0.1, -0.05) is 19.4 Å². The highest BCUT2D eigenvalue weighted by Gasteiger charge is 2.28. The van der Waals surface area contributed by atoms with Crippen LogP contribution in [0.2, 0.25) is 0 Å². The third kappa shape index (κ3) is 3.96. The molecule has 23 heavy (non-hydrogen) atoms. The molecular formula is C18H26N2O3. The highest BCUT2D eigenvalue weighted by Crippen LogP contribution is 2.37. The van der Waals surface area contributed by atoms with Crippen molar-refractivity contribution >= 4 is 5.91 Å². The van der Waals surface area contributed by atoms with Crippen molar-refractivity contribution in [2.75, 3.05) is 32.8 Å². The van der Waals surface area contributed by atoms with Gasteiger partial charge in [-0.2, -0.15) is 0 Å². The van der Waals surface area contributed by atoms with Gasteiger partial charge in [0.25, 0.3) is 0 Å². The van der Waals surface area contributed by atoms with Crippen LogP contribution < -0.4 is 14.8 Å². The smallest absolute Gasteiger partial charge is 0.234 e. The molecule has 1 unspecified atom stereocenters. The maximum atomic E-state index is 12.1. The zero-order valence-electron chi connectivity index (χ0n) is 13.8. The first kappa shape index (κ1) is 16.1. The van der Waals surface area contributed by atoms with Crippen molar-refractivity contribution in [1.82, 2.24) is 10.2 Å². The van der Waals surface area contributed by atoms with Crippen molar-refractivity contribution in [3.05, 3.63) is 23.8 Å². The predicted molar refractivity (Wildman–Crippen MR) is 88.9 cm³/mol. The first-order chi connectivity index (χ1) is 11.3. The molecule has 2 aliphatic heterocycles. The van der Waals surface area contributed by atoms with Crippen molar-refractivity contribution in [3.63, 3.8) is 0 Å². The van der Waals surface area contributed by atoms with E-state index in [0.29, 0.717) is 25.8 Å². The normalized spacial score (nSPS) is 20.5. The molecule has 0 spiro atoms. The molecule has 2 heterocycles. The molecule has 0 bridgehead atoms. The molecule has 126 valence electrons. The van der Waals surface area contributed by atoms with E-state index in [1.165, 1.54) is 5.56 Å². The molecule has 5 heteroatoms. The van der Waals surface area contributed by atoms with Crippen molar-refractivity contribution in [2.45, 2.75) is 38.6 Å². The Morgan fingerprint density at radius 1 is 1.30 bits per heavy atom. The van der Waals surface area contributed by atoms with E-state index in [-0.39, 0.29) is 5.91 Å². The fourth-order valence-corrected chi connectivity index (χ4v) is 3.31. The third-order valence-electron chi connectivity index (χ3n) is 4.51. The molecule has 0 radical (unpaired) electrons. The Labute approximate surface area is 137 Å². The van der Waals surface area contributed by atoms with Gasteiger partial charge in [-0.3, -0.25) is 9.69 Å². The summed E-state index contributed by atoms with van der Waals surface area (Å²) in [6, 6.07) is 6.46. The molecule has 1 saturated heterocycles. The lowest BCUT2D eigenvalue weighted by Gasteiger charge is -2.26. The van der Waals surface area contributed by atoms with E-state index < -0.39 is 0 Å². The number of carbonyl (C=O) groups is 1. The van der Waals surface area contributed by atoms with Gasteiger partial charge in [-0.05, 0) is 43.5 Å². The minimum atomic E-state index is 0.128. The Bertz CT molecular complexity index is 547. The summed E-state index contributed by atoms with van der Waals surface area (Å²) in [7, 11) is 0. The topological polar surface area (TPSA) is 50.8 Å². The van der Waals surface area contributed by atoms with Crippen molar-refractivity contribution in [2.24, 2.45) is 0 Å². The van der Waals surface area contributed by atoms with E-state index in [9.17, 15) is 4.79 Å². The lowest BCUT2D eigenvalue weighted by Crippen LogP contribution is -2.37. The summed E-state index contributed by atoms with van der Waals surface area (Å²) in [6.07, 6.45) is 4.35. The molecule has 1 aromatic rings. The lowest BCUT2D eigenvalue weighted by molar-refractivity contribution is -0.122. The molecule has 3 rings (SSSR count). The Balaban J connectivity index is 1.63. The summed E-state index contributed by atoms with van der Waals surface area (Å²) in [5.41, 5.74) is 1.22. The number of nitrogens with one attached hydrogen (secondary N) is 1. The number of rotatable bonds is 6. The number of ether oxygens (including phenoxy) is 2. The molecular weight excluding hydrogens is 292 g/mol. The van der Waals surface area contributed by atoms with Crippen LogP contribution in [0, 0.1) is 0 Å². The van der Waals surface area contributed by atoms with E-state index in [4.69, 9.17) is 9.47 Å². The van der Waals surface area contributed by atoms with Gasteiger partial charge in [-0.25, -0.2) is 0 Å². The Hall–Kier alpha value is -1.75. The highest BCUT2D eigenvalue weighted by molar-refractivity contribution is 5.78. The van der Waals surface area contributed by atoms with Crippen LogP contribution in [0.25, 0.3) is 0 Å². The summed E-state index contributed by atoms with van der Waals surface area (Å²) in [4.78, 5) is 14.4. The van der Waals surface area contributed by atoms with Crippen LogP contribution in [0.15, 0.2) is 18.2 Å². The highest BCUT2D eigenvalue weighted by atomic mass is 16.6. The molecule has 0 saturated carbocycles. The SMILES string of the molecule is CCCCNC(=O)CN1CCCC1c1ccc2c(c1)OCCO2. The number of likely N-dealkylation sites (tertiary alicyclic amines) is 1. The molecule has 0 aliphatic carbocycles. The fraction of sp³-hybridized carbons (Fsp3) is 0.611. The van der Waals surface area contributed by atoms with Crippen LogP contribution in [0.4, 0.5) is 0 Å². The number of carbonyl (C=O) groups excluding carboxylic acids is 1. The number of hydrogen-bond donors (Lipinski definition) is 1. The average Bonchev–Trinajstić information content (AvgIpc) is 3.02. The second kappa shape index (κ2) is 7.68. The number of fused-ring (bicyclic) bond motifs is 1. The maximum absolute atomic E-state index is 12.1. The first-order valence-electron chi connectivity index (χ1n) is 8.68. The Kier molecular flexibility index (Phi) is 5.39. The lowest BCUT2D eigenvalue weighted by atomic mass is 10.0. The maximum Gasteiger partial charge on any atom is 0.234 e. The summed E-state index contributed by atoms with van der Waals surface area (Å²) in [5.74, 6) is 1.78. The molecule has 5 nitrogen and oxygen atoms in total. The number of amides is 1. The van der Waals surface area contributed by atoms with Gasteiger partial charge < -0.3 is 14.8 Å². The standard InChI is InChI=1S/C18H26N2O3/c1-2-3-8-19-18(21)13-20-9-4-5-15(20)14-6-7-16-17(12-14)23-11-10-22-16/h6-7,12,15H,2-5,8-11,13H2,1H3,(H,19,21). The van der Waals surface area contributed by atoms with Gasteiger partial charge in [0.2, 0.25) is 5.91 Å². The summed E-state index contributed by atoms with van der Waals surface area (Å²) in [5, 5.41) is 3.01. The molecule has 1 fully saturated rings. The van der Waals surface area contributed by atoms with E-state index in [0.717, 1.165) is 50.3 Å². The van der Waals surface area contributed by atoms with Crippen LogP contribution in [0.5, 0.6) is 11.5 Å². The van der Waals surface area contributed by atoms with Gasteiger partial charge >= 0.3 is 0 Å². The number of hydrogen-bond acceptors (Lipinski definition) is 4. The van der Waals surface area contributed by atoms with Crippen LogP contribution >= 0.6 is 0 Å². The second-order valence-corrected chi connectivity index (χ2v) is 6.24. The minimum absolute atomic E-state index is 0.128. The van der Waals surface area contributed by atoms with Crippen LogP contribution in [-0.2, 0) is 4.79 Å². The Morgan fingerprint density at radius 2 is 2.13 bits per heavy atom. The second-order valence-electron chi connectivity index (χ2n) is 6.24. The molecule has 1 aromatic carbocycles. The van der Waals surface area contributed by atoms with Crippen molar-refractivity contribution < 1.29 is 14.3 Å². The monoisotopic (exact) mass is 318 g/mol. The zero-order valence-corrected chi connectivity index (χ0v) is 13.8. The van der Waals surface area contributed by atoms with E-state index in [1.807, 2.05) is 6.07 Å². The van der Waals surface area contributed by atoms with Crippen molar-refractivity contribution in [1.29, 1.82) is 0 Å². The largest absolute Gasteiger partial charge is 0.486 e. The fourth-order valence-electron chi connectivity index (χ4n) is 3.31. The van der Waals surface area contributed by atoms with Gasteiger partial charge in [0, 0.05) is 12.6 Å². The number of benzene rings is 1. The quantitative estimate of drug-likeness (QED) is 0.819. The average molecular weight is 318 g/mol. The number of unbranched alkanes of at least 4 members (excludes halogenated alkanes) is 1. The van der Waals surface area contributed by atoms with Gasteiger partial charge in [0.1, 0.15) is 13.2 Å². The summed E-state index contributed by atoms with van der Waals surface area (Å²) in [6.45, 7) is 5.57. The molecule has 1 N–H and O–H groups in total. The van der Waals surface area contributed by atoms with Crippen LogP contribution in [0.1, 0.15) is 44.2 Å². The van der Waals surface area contributed by atoms with Gasteiger partial charge in [0.05, 0.1) is 6.54 Å². The van der Waals surface area contributed by atoms with Crippen LogP contribution in [-0.4, -0.2) is 43.7 Å². The molecule has 0 aromatic heterocycles. The summed E-state index contributed by atoms with van der Waals surface area (Å²) >= 11 is 0. The van der Waals surface area contributed by atoms with Crippen molar-refractivity contribution in [3.8, 4) is 11.5 Å². The van der Waals surface area contributed by atoms with E-state index >= 15 is 0 Å². The van der Waals surface area contributed by atoms with E-state index in [2.05, 4.69) is 29.3 Å². The Morgan fingerprint density at radius 3 is 2.96 bits per heavy atom. The van der Waals surface area contributed by atoms with E-state index in [1.54, 1.807) is 0 Å². The van der Waals surface area contributed by atoms with Gasteiger partial charge in [0.15, 0.2) is 11.5 Å². The molecule has 2 aliphatic rings. The number of nitrogens with zero attached hydrogens (tertiary/aromatic N) is 1. The first-order valence-corrected chi connectivity index (χ1v) is 8.68. The minimum Gasteiger partial charge on any atom is -0.486 e.